The van der Waals surface area contributed by atoms with Crippen molar-refractivity contribution in [2.45, 2.75) is 32.4 Å². The van der Waals surface area contributed by atoms with Gasteiger partial charge in [-0.05, 0) is 14.1 Å². The lowest BCUT2D eigenvalue weighted by Gasteiger charge is -2.06. The number of carbonyl (C=O) groups excluding carboxylic acids is 4. The van der Waals surface area contributed by atoms with Crippen LogP contribution in [0.2, 0.25) is 0 Å². The molecule has 2 heterocycles. The molecule has 0 bridgehead atoms. The first kappa shape index (κ1) is 19.2. The number of rotatable bonds is 2. The second kappa shape index (κ2) is 7.84. The number of nitrogens with zero attached hydrogens (tertiary/aromatic N) is 2. The molecule has 0 aromatic rings. The average Bonchev–Trinajstić information content (AvgIpc) is 2.84. The van der Waals surface area contributed by atoms with E-state index in [1.165, 1.54) is 14.1 Å². The zero-order chi connectivity index (χ0) is 15.4. The lowest BCUT2D eigenvalue weighted by molar-refractivity contribution is -0.138. The van der Waals surface area contributed by atoms with Crippen LogP contribution in [0.5, 0.6) is 0 Å². The van der Waals surface area contributed by atoms with E-state index >= 15 is 0 Å². The normalized spacial score (nSPS) is 25.0. The van der Waals surface area contributed by atoms with Gasteiger partial charge in [-0.2, -0.15) is 0 Å². The third kappa shape index (κ3) is 4.08. The number of nitrogens with one attached hydrogen (secondary N) is 2. The van der Waals surface area contributed by atoms with Crippen LogP contribution in [-0.4, -0.2) is 73.7 Å². The fourth-order valence-electron chi connectivity index (χ4n) is 1.96. The van der Waals surface area contributed by atoms with Gasteiger partial charge in [0.2, 0.25) is 23.6 Å². The van der Waals surface area contributed by atoms with Crippen molar-refractivity contribution in [2.75, 3.05) is 28.2 Å². The quantitative estimate of drug-likeness (QED) is 0.606. The van der Waals surface area contributed by atoms with E-state index in [9.17, 15) is 19.2 Å². The molecule has 0 radical (unpaired) electrons. The molecule has 8 nitrogen and oxygen atoms in total. The summed E-state index contributed by atoms with van der Waals surface area (Å²) in [7, 11) is 6.36. The van der Waals surface area contributed by atoms with E-state index in [0.29, 0.717) is 12.8 Å². The zero-order valence-corrected chi connectivity index (χ0v) is 12.1. The Kier molecular flexibility index (Phi) is 7.17. The summed E-state index contributed by atoms with van der Waals surface area (Å²) >= 11 is 0. The van der Waals surface area contributed by atoms with Gasteiger partial charge in [-0.15, -0.1) is 0 Å². The fourth-order valence-corrected chi connectivity index (χ4v) is 1.96. The molecule has 21 heavy (non-hydrogen) atoms. The highest BCUT2D eigenvalue weighted by Crippen LogP contribution is 2.09. The first-order valence-corrected chi connectivity index (χ1v) is 6.28. The van der Waals surface area contributed by atoms with Gasteiger partial charge in [0.1, 0.15) is 0 Å². The molecule has 0 aromatic heterocycles. The lowest BCUT2D eigenvalue weighted by atomic mass is 10.2. The van der Waals surface area contributed by atoms with Gasteiger partial charge in [0.15, 0.2) is 0 Å². The minimum Gasteiger partial charge on any atom is -0.308 e. The van der Waals surface area contributed by atoms with Gasteiger partial charge in [0, 0.05) is 14.1 Å². The van der Waals surface area contributed by atoms with Gasteiger partial charge in [0.25, 0.3) is 0 Å². The number of hydrogen-bond acceptors (Lipinski definition) is 6. The molecule has 8 heteroatoms. The molecule has 4 amide bonds. The number of likely N-dealkylation sites (N-methyl/N-ethyl adjacent to an activating group) is 4. The molecule has 0 saturated carbocycles. The second-order valence-corrected chi connectivity index (χ2v) is 4.67. The van der Waals surface area contributed by atoms with Crippen LogP contribution in [0.4, 0.5) is 0 Å². The number of imide groups is 2. The Morgan fingerprint density at radius 2 is 1.10 bits per heavy atom. The molecular weight excluding hydrogens is 276 g/mol. The summed E-state index contributed by atoms with van der Waals surface area (Å²) in [6.07, 6.45) is 0.595. The molecule has 2 aliphatic heterocycles. The summed E-state index contributed by atoms with van der Waals surface area (Å²) in [5.74, 6) is -0.478. The summed E-state index contributed by atoms with van der Waals surface area (Å²) in [5, 5.41) is 5.52. The monoisotopic (exact) mass is 300 g/mol. The smallest absolute Gasteiger partial charge is 0.246 e. The van der Waals surface area contributed by atoms with E-state index < -0.39 is 0 Å². The highest BCUT2D eigenvalue weighted by Gasteiger charge is 2.35. The molecule has 2 saturated heterocycles. The van der Waals surface area contributed by atoms with Crippen molar-refractivity contribution in [3.05, 3.63) is 0 Å². The molecule has 0 unspecified atom stereocenters. The number of likely N-dealkylation sites (tertiary alicyclic amines) is 2. The predicted octanol–water partition coefficient (Wildman–Crippen LogP) is -1.44. The molecule has 2 atom stereocenters. The summed E-state index contributed by atoms with van der Waals surface area (Å²) in [6.45, 7) is 0. The van der Waals surface area contributed by atoms with Crippen LogP contribution < -0.4 is 10.6 Å². The molecular formula is C13H24N4O4. The van der Waals surface area contributed by atoms with Crippen LogP contribution in [0.15, 0.2) is 0 Å². The lowest BCUT2D eigenvalue weighted by Crippen LogP contribution is -2.34. The standard InChI is InChI=1S/2C6H10N2O2.CH4/c2*1-7-4-3-5(9)8(2)6(4)10;/h2*4,7H,3H2,1-2H3;1H4/t2*4-;/m10./s1. The van der Waals surface area contributed by atoms with Crippen molar-refractivity contribution in [2.24, 2.45) is 0 Å². The highest BCUT2D eigenvalue weighted by atomic mass is 16.2. The van der Waals surface area contributed by atoms with Crippen LogP contribution in [0.25, 0.3) is 0 Å². The Labute approximate surface area is 124 Å². The van der Waals surface area contributed by atoms with Crippen molar-refractivity contribution < 1.29 is 19.2 Å². The third-order valence-corrected chi connectivity index (χ3v) is 3.46. The maximum Gasteiger partial charge on any atom is 0.246 e. The van der Waals surface area contributed by atoms with E-state index in [0.717, 1.165) is 9.80 Å². The number of hydrogen-bond donors (Lipinski definition) is 2. The number of amides is 4. The summed E-state index contributed by atoms with van der Waals surface area (Å²) in [4.78, 5) is 45.9. The Morgan fingerprint density at radius 3 is 1.19 bits per heavy atom. The Bertz CT molecular complexity index is 398. The maximum atomic E-state index is 11.0. The van der Waals surface area contributed by atoms with Crippen LogP contribution in [0, 0.1) is 0 Å². The SMILES string of the molecule is C.CN[C@@H]1CC(=O)N(C)C1=O.CN[C@H]1CC(=O)N(C)C1=O. The maximum absolute atomic E-state index is 11.0. The first-order valence-electron chi connectivity index (χ1n) is 6.28. The largest absolute Gasteiger partial charge is 0.308 e. The van der Waals surface area contributed by atoms with Crippen LogP contribution in [-0.2, 0) is 19.2 Å². The van der Waals surface area contributed by atoms with Gasteiger partial charge in [0.05, 0.1) is 24.9 Å². The van der Waals surface area contributed by atoms with Crippen LogP contribution in [0.3, 0.4) is 0 Å². The van der Waals surface area contributed by atoms with Gasteiger partial charge in [-0.1, -0.05) is 7.43 Å². The molecule has 0 aromatic carbocycles. The van der Waals surface area contributed by atoms with Crippen molar-refractivity contribution in [1.82, 2.24) is 20.4 Å². The van der Waals surface area contributed by atoms with Crippen LogP contribution in [0.1, 0.15) is 20.3 Å². The van der Waals surface area contributed by atoms with E-state index in [-0.39, 0.29) is 43.1 Å². The van der Waals surface area contributed by atoms with E-state index in [1.54, 1.807) is 14.1 Å². The second-order valence-electron chi connectivity index (χ2n) is 4.67. The minimum atomic E-state index is -0.294. The number of carbonyl (C=O) groups is 4. The molecule has 2 N–H and O–H groups in total. The van der Waals surface area contributed by atoms with E-state index in [1.807, 2.05) is 0 Å². The van der Waals surface area contributed by atoms with E-state index in [2.05, 4.69) is 10.6 Å². The Hall–Kier alpha value is -1.80. The molecule has 120 valence electrons. The van der Waals surface area contributed by atoms with Gasteiger partial charge in [-0.25, -0.2) is 0 Å². The first-order chi connectivity index (χ1) is 9.33. The third-order valence-electron chi connectivity index (χ3n) is 3.46. The van der Waals surface area contributed by atoms with Crippen LogP contribution >= 0.6 is 0 Å². The van der Waals surface area contributed by atoms with E-state index in [4.69, 9.17) is 0 Å². The molecule has 2 aliphatic rings. The summed E-state index contributed by atoms with van der Waals surface area (Å²) in [6, 6.07) is -0.588. The minimum absolute atomic E-state index is 0. The zero-order valence-electron chi connectivity index (χ0n) is 12.1. The Morgan fingerprint density at radius 1 is 0.810 bits per heavy atom. The predicted molar refractivity (Wildman–Crippen MR) is 77.2 cm³/mol. The van der Waals surface area contributed by atoms with Crippen molar-refractivity contribution in [3.8, 4) is 0 Å². The molecule has 2 fully saturated rings. The Balaban J connectivity index is 0.000000364. The molecule has 0 spiro atoms. The van der Waals surface area contributed by atoms with Crippen molar-refractivity contribution in [1.29, 1.82) is 0 Å². The molecule has 0 aliphatic carbocycles. The van der Waals surface area contributed by atoms with Crippen molar-refractivity contribution in [3.63, 3.8) is 0 Å². The van der Waals surface area contributed by atoms with Gasteiger partial charge >= 0.3 is 0 Å². The van der Waals surface area contributed by atoms with Crippen molar-refractivity contribution >= 4 is 23.6 Å². The van der Waals surface area contributed by atoms with Gasteiger partial charge in [-0.3, -0.25) is 29.0 Å². The average molecular weight is 300 g/mol. The van der Waals surface area contributed by atoms with Gasteiger partial charge < -0.3 is 10.6 Å². The fraction of sp³-hybridized carbons (Fsp3) is 0.692. The topological polar surface area (TPSA) is 98.8 Å². The molecule has 2 rings (SSSR count). The summed E-state index contributed by atoms with van der Waals surface area (Å²) in [5.41, 5.74) is 0. The highest BCUT2D eigenvalue weighted by molar-refractivity contribution is 6.05. The summed E-state index contributed by atoms with van der Waals surface area (Å²) < 4.78 is 0.